The lowest BCUT2D eigenvalue weighted by Gasteiger charge is -2.41. The van der Waals surface area contributed by atoms with E-state index in [0.29, 0.717) is 24.0 Å². The summed E-state index contributed by atoms with van der Waals surface area (Å²) in [4.78, 5) is 31.3. The Kier molecular flexibility index (Phi) is 6.08. The van der Waals surface area contributed by atoms with Crippen molar-refractivity contribution in [3.63, 3.8) is 0 Å². The van der Waals surface area contributed by atoms with Gasteiger partial charge in [-0.1, -0.05) is 91.0 Å². The van der Waals surface area contributed by atoms with E-state index >= 15 is 0 Å². The SMILES string of the molecule is O=C1CC2(CCN(C[C@H]3CN(C(=O)c4cccc5ccccc45)C[C@@H]3c3ccccc3)CC2)c2ccccc21. The molecule has 7 rings (SSSR count). The number of benzene rings is 4. The van der Waals surface area contributed by atoms with Gasteiger partial charge in [-0.15, -0.1) is 0 Å². The summed E-state index contributed by atoms with van der Waals surface area (Å²) in [5.74, 6) is 1.13. The van der Waals surface area contributed by atoms with Gasteiger partial charge < -0.3 is 9.80 Å². The van der Waals surface area contributed by atoms with E-state index in [1.807, 2.05) is 36.4 Å². The van der Waals surface area contributed by atoms with Crippen molar-refractivity contribution < 1.29 is 9.59 Å². The van der Waals surface area contributed by atoms with Crippen LogP contribution in [0.15, 0.2) is 97.1 Å². The molecule has 0 unspecified atom stereocenters. The maximum absolute atomic E-state index is 13.9. The Hall–Kier alpha value is -3.76. The van der Waals surface area contributed by atoms with Gasteiger partial charge in [0, 0.05) is 48.5 Å². The molecular formula is C35H34N2O2. The van der Waals surface area contributed by atoms with Crippen LogP contribution in [0, 0.1) is 5.92 Å². The average Bonchev–Trinajstić information content (AvgIpc) is 3.53. The zero-order chi connectivity index (χ0) is 26.4. The summed E-state index contributed by atoms with van der Waals surface area (Å²) in [6.07, 6.45) is 2.71. The highest BCUT2D eigenvalue weighted by atomic mass is 16.2. The molecule has 2 aliphatic heterocycles. The number of nitrogens with zero attached hydrogens (tertiary/aromatic N) is 2. The maximum Gasteiger partial charge on any atom is 0.254 e. The number of ketones is 1. The summed E-state index contributed by atoms with van der Waals surface area (Å²) < 4.78 is 0. The highest BCUT2D eigenvalue weighted by molar-refractivity contribution is 6.07. The number of amides is 1. The fraction of sp³-hybridized carbons (Fsp3) is 0.314. The van der Waals surface area contributed by atoms with Crippen LogP contribution in [-0.2, 0) is 5.41 Å². The Labute approximate surface area is 230 Å². The Balaban J connectivity index is 1.11. The second-order valence-electron chi connectivity index (χ2n) is 11.7. The van der Waals surface area contributed by atoms with Crippen molar-refractivity contribution >= 4 is 22.5 Å². The maximum atomic E-state index is 13.9. The molecule has 4 nitrogen and oxygen atoms in total. The molecule has 4 aromatic carbocycles. The molecule has 196 valence electrons. The molecule has 0 aromatic heterocycles. The van der Waals surface area contributed by atoms with Gasteiger partial charge in [-0.3, -0.25) is 9.59 Å². The predicted octanol–water partition coefficient (Wildman–Crippen LogP) is 6.32. The molecule has 0 N–H and O–H groups in total. The summed E-state index contributed by atoms with van der Waals surface area (Å²) in [6.45, 7) is 4.49. The van der Waals surface area contributed by atoms with Gasteiger partial charge in [0.05, 0.1) is 0 Å². The molecule has 4 aromatic rings. The van der Waals surface area contributed by atoms with E-state index in [9.17, 15) is 9.59 Å². The number of likely N-dealkylation sites (tertiary alicyclic amines) is 2. The number of piperidine rings is 1. The first kappa shape index (κ1) is 24.3. The van der Waals surface area contributed by atoms with Gasteiger partial charge in [-0.05, 0) is 59.8 Å². The van der Waals surface area contributed by atoms with Crippen LogP contribution in [0.3, 0.4) is 0 Å². The van der Waals surface area contributed by atoms with Crippen LogP contribution in [0.4, 0.5) is 0 Å². The first-order valence-electron chi connectivity index (χ1n) is 14.3. The average molecular weight is 515 g/mol. The van der Waals surface area contributed by atoms with Crippen molar-refractivity contribution in [1.29, 1.82) is 0 Å². The number of hydrogen-bond donors (Lipinski definition) is 0. The molecule has 39 heavy (non-hydrogen) atoms. The minimum Gasteiger partial charge on any atom is -0.338 e. The van der Waals surface area contributed by atoms with Crippen molar-refractivity contribution in [2.24, 2.45) is 5.92 Å². The second kappa shape index (κ2) is 9.77. The fourth-order valence-corrected chi connectivity index (χ4v) is 7.51. The molecule has 1 spiro atoms. The van der Waals surface area contributed by atoms with Crippen LogP contribution >= 0.6 is 0 Å². The smallest absolute Gasteiger partial charge is 0.254 e. The van der Waals surface area contributed by atoms with Crippen molar-refractivity contribution in [2.45, 2.75) is 30.6 Å². The van der Waals surface area contributed by atoms with Crippen molar-refractivity contribution in [3.05, 3.63) is 119 Å². The zero-order valence-electron chi connectivity index (χ0n) is 22.3. The lowest BCUT2D eigenvalue weighted by molar-refractivity contribution is 0.0781. The van der Waals surface area contributed by atoms with E-state index < -0.39 is 0 Å². The van der Waals surface area contributed by atoms with E-state index in [1.165, 1.54) is 11.1 Å². The highest BCUT2D eigenvalue weighted by Gasteiger charge is 2.46. The van der Waals surface area contributed by atoms with Gasteiger partial charge in [0.25, 0.3) is 5.91 Å². The first-order chi connectivity index (χ1) is 19.1. The van der Waals surface area contributed by atoms with E-state index in [1.54, 1.807) is 0 Å². The minimum atomic E-state index is 0.00898. The molecule has 2 saturated heterocycles. The van der Waals surface area contributed by atoms with Gasteiger partial charge in [0.1, 0.15) is 0 Å². The quantitative estimate of drug-likeness (QED) is 0.320. The fourth-order valence-electron chi connectivity index (χ4n) is 7.51. The Morgan fingerprint density at radius 3 is 2.36 bits per heavy atom. The molecule has 2 atom stereocenters. The number of hydrogen-bond acceptors (Lipinski definition) is 3. The molecule has 1 amide bonds. The van der Waals surface area contributed by atoms with Crippen LogP contribution in [0.5, 0.6) is 0 Å². The molecule has 1 aliphatic carbocycles. The van der Waals surface area contributed by atoms with Crippen molar-refractivity contribution in [3.8, 4) is 0 Å². The molecule has 2 heterocycles. The zero-order valence-corrected chi connectivity index (χ0v) is 22.3. The number of fused-ring (bicyclic) bond motifs is 3. The lowest BCUT2D eigenvalue weighted by atomic mass is 9.73. The molecule has 4 heteroatoms. The van der Waals surface area contributed by atoms with Crippen molar-refractivity contribution in [2.75, 3.05) is 32.7 Å². The summed E-state index contributed by atoms with van der Waals surface area (Å²) >= 11 is 0. The molecule has 0 radical (unpaired) electrons. The summed E-state index contributed by atoms with van der Waals surface area (Å²) in [5, 5.41) is 2.13. The van der Waals surface area contributed by atoms with E-state index in [-0.39, 0.29) is 11.3 Å². The monoisotopic (exact) mass is 514 g/mol. The third kappa shape index (κ3) is 4.28. The highest BCUT2D eigenvalue weighted by Crippen LogP contribution is 2.46. The van der Waals surface area contributed by atoms with E-state index in [0.717, 1.165) is 67.5 Å². The van der Waals surface area contributed by atoms with Crippen LogP contribution in [0.2, 0.25) is 0 Å². The predicted molar refractivity (Wildman–Crippen MR) is 155 cm³/mol. The van der Waals surface area contributed by atoms with Gasteiger partial charge in [-0.2, -0.15) is 0 Å². The van der Waals surface area contributed by atoms with Gasteiger partial charge in [0.2, 0.25) is 0 Å². The van der Waals surface area contributed by atoms with Crippen LogP contribution < -0.4 is 0 Å². The number of rotatable bonds is 4. The molecule has 2 fully saturated rings. The molecular weight excluding hydrogens is 480 g/mol. The van der Waals surface area contributed by atoms with E-state index in [4.69, 9.17) is 0 Å². The normalized spacial score (nSPS) is 22.5. The van der Waals surface area contributed by atoms with Crippen LogP contribution in [0.1, 0.15) is 57.0 Å². The third-order valence-corrected chi connectivity index (χ3v) is 9.58. The van der Waals surface area contributed by atoms with Crippen LogP contribution in [0.25, 0.3) is 10.8 Å². The summed E-state index contributed by atoms with van der Waals surface area (Å²) in [5.41, 5.74) is 4.33. The number of carbonyl (C=O) groups excluding carboxylic acids is 2. The molecule has 0 bridgehead atoms. The first-order valence-corrected chi connectivity index (χ1v) is 14.3. The second-order valence-corrected chi connectivity index (χ2v) is 11.7. The Morgan fingerprint density at radius 2 is 1.51 bits per heavy atom. The van der Waals surface area contributed by atoms with Crippen LogP contribution in [-0.4, -0.2) is 54.2 Å². The number of Topliss-reactive ketones (excluding diaryl/α,β-unsaturated/α-hetero) is 1. The standard InChI is InChI=1S/C35H34N2O2/c38-33-21-35(32-16-7-6-14-30(32)33)17-19-36(20-18-35)22-27-23-37(24-31(27)26-9-2-1-3-10-26)34(39)29-15-8-12-25-11-4-5-13-28(25)29/h1-16,27,31H,17-24H2/t27-,31+/m0/s1. The lowest BCUT2D eigenvalue weighted by Crippen LogP contribution is -2.44. The topological polar surface area (TPSA) is 40.6 Å². The Morgan fingerprint density at radius 1 is 0.795 bits per heavy atom. The summed E-state index contributed by atoms with van der Waals surface area (Å²) in [7, 11) is 0. The molecule has 0 saturated carbocycles. The van der Waals surface area contributed by atoms with Gasteiger partial charge in [0.15, 0.2) is 5.78 Å². The molecule has 3 aliphatic rings. The minimum absolute atomic E-state index is 0.00898. The Bertz CT molecular complexity index is 1530. The third-order valence-electron chi connectivity index (χ3n) is 9.58. The van der Waals surface area contributed by atoms with Gasteiger partial charge in [-0.25, -0.2) is 0 Å². The summed E-state index contributed by atoms with van der Waals surface area (Å²) in [6, 6.07) is 33.2. The largest absolute Gasteiger partial charge is 0.338 e. The van der Waals surface area contributed by atoms with Gasteiger partial charge >= 0.3 is 0 Å². The van der Waals surface area contributed by atoms with Crippen molar-refractivity contribution in [1.82, 2.24) is 9.80 Å². The number of carbonyl (C=O) groups is 2. The van der Waals surface area contributed by atoms with E-state index in [2.05, 4.69) is 70.5 Å².